The molecule has 0 spiro atoms. The molecule has 0 atom stereocenters. The summed E-state index contributed by atoms with van der Waals surface area (Å²) in [6.07, 6.45) is 0. The van der Waals surface area contributed by atoms with Gasteiger partial charge >= 0.3 is 28.8 Å². The molecule has 0 aromatic carbocycles. The Bertz CT molecular complexity index is 78.2. The van der Waals surface area contributed by atoms with Crippen molar-refractivity contribution in [3.05, 3.63) is 0 Å². The van der Waals surface area contributed by atoms with Crippen LogP contribution in [0.5, 0.6) is 0 Å². The van der Waals surface area contributed by atoms with Crippen molar-refractivity contribution in [1.29, 1.82) is 0 Å². The molecular weight excluding hydrogens is 189 g/mol. The van der Waals surface area contributed by atoms with E-state index in [1.807, 2.05) is 0 Å². The largest absolute Gasteiger partial charge is 0 e. The van der Waals surface area contributed by atoms with Crippen LogP contribution in [0.15, 0.2) is 0 Å². The van der Waals surface area contributed by atoms with Gasteiger partial charge in [0.15, 0.2) is 0 Å². The van der Waals surface area contributed by atoms with Crippen LogP contribution in [0.1, 0.15) is 0 Å². The maximum atomic E-state index is 8.59. The first-order valence-corrected chi connectivity index (χ1v) is 3.35. The van der Waals surface area contributed by atoms with Crippen LogP contribution in [-0.2, 0) is 9.31 Å². The zero-order valence-corrected chi connectivity index (χ0v) is 5.96. The second-order valence-electron chi connectivity index (χ2n) is 0.204. The average Bonchev–Trinajstić information content (AvgIpc) is 0.811. The maximum absolute atomic E-state index is 8.59. The van der Waals surface area contributed by atoms with Gasteiger partial charge in [-0.05, 0) is 0 Å². The van der Waals surface area contributed by atoms with E-state index in [-0.39, 0.29) is 37.7 Å². The first-order valence-electron chi connectivity index (χ1n) is 0.500. The Morgan fingerprint density at radius 3 is 0.833 bits per heavy atom. The van der Waals surface area contributed by atoms with Gasteiger partial charge in [0.05, 0.1) is 0 Å². The summed E-state index contributed by atoms with van der Waals surface area (Å²) in [4.78, 5) is 0. The van der Waals surface area contributed by atoms with Crippen molar-refractivity contribution in [1.82, 2.24) is 0 Å². The predicted molar refractivity (Wildman–Crippen MR) is 19.3 cm³/mol. The van der Waals surface area contributed by atoms with E-state index in [1.165, 1.54) is 0 Å². The van der Waals surface area contributed by atoms with E-state index in [0.717, 1.165) is 0 Å². The summed E-state index contributed by atoms with van der Waals surface area (Å²) in [6, 6.07) is 0. The fourth-order valence-corrected chi connectivity index (χ4v) is 0. The van der Waals surface area contributed by atoms with Crippen LogP contribution in [0.2, 0.25) is 0 Å². The molecule has 0 aliphatic carbocycles. The molecule has 0 heterocycles. The molecule has 0 N–H and O–H groups in total. The summed E-state index contributed by atoms with van der Waals surface area (Å²) >= 11 is -4.11. The van der Waals surface area contributed by atoms with Crippen molar-refractivity contribution in [3.63, 3.8) is 0 Å². The molecule has 0 saturated carbocycles. The molecule has 0 unspecified atom stereocenters. The Morgan fingerprint density at radius 2 is 0.833 bits per heavy atom. The van der Waals surface area contributed by atoms with Crippen molar-refractivity contribution < 1.29 is 9.31 Å². The first-order chi connectivity index (χ1) is 1.73. The number of rotatable bonds is 0. The van der Waals surface area contributed by atoms with Gasteiger partial charge in [0.1, 0.15) is 0 Å². The average molecular weight is 189 g/mol. The minimum atomic E-state index is -4.11. The summed E-state index contributed by atoms with van der Waals surface area (Å²) in [6.45, 7) is 0. The van der Waals surface area contributed by atoms with Gasteiger partial charge in [-0.1, -0.05) is 0 Å². The summed E-state index contributed by atoms with van der Waals surface area (Å²) in [7, 11) is 0. The smallest absolute Gasteiger partial charge is 0 e. The second-order valence-corrected chi connectivity index (χ2v) is 1.37. The second kappa shape index (κ2) is 9.63. The summed E-state index contributed by atoms with van der Waals surface area (Å²) in [5.74, 6) is 0. The normalized spacial score (nSPS) is 4.00. The third-order valence-corrected chi connectivity index (χ3v) is 0. The zero-order chi connectivity index (χ0) is 3.58. The third kappa shape index (κ3) is 54.0. The molecule has 0 fully saturated rings. The Hall–Kier alpha value is 1.38. The molecule has 0 amide bonds. The third-order valence-electron chi connectivity index (χ3n) is 0. The van der Waals surface area contributed by atoms with E-state index in [0.29, 0.717) is 0 Å². The Balaban J connectivity index is -0.0000000450. The first kappa shape index (κ1) is 15.7. The predicted octanol–water partition coefficient (Wildman–Crippen LogP) is -1.50. The SMILES string of the molecule is O=[Te](=O)=O.[Li].[Li]. The van der Waals surface area contributed by atoms with Gasteiger partial charge in [-0.25, -0.2) is 0 Å². The summed E-state index contributed by atoms with van der Waals surface area (Å²) in [5, 5.41) is 0. The van der Waals surface area contributed by atoms with E-state index in [2.05, 4.69) is 0 Å². The van der Waals surface area contributed by atoms with Gasteiger partial charge in [-0.15, -0.1) is 0 Å². The molecule has 0 aliphatic rings. The van der Waals surface area contributed by atoms with Crippen LogP contribution in [-0.4, -0.2) is 57.2 Å². The Labute approximate surface area is 66.0 Å². The van der Waals surface area contributed by atoms with Gasteiger partial charge < -0.3 is 0 Å². The van der Waals surface area contributed by atoms with E-state index in [9.17, 15) is 0 Å². The van der Waals surface area contributed by atoms with Crippen molar-refractivity contribution in [2.45, 2.75) is 0 Å². The minimum absolute atomic E-state index is 0. The number of hydrogen-bond acceptors (Lipinski definition) is 3. The zero-order valence-electron chi connectivity index (χ0n) is 3.63. The van der Waals surface area contributed by atoms with Gasteiger partial charge in [0, 0.05) is 37.7 Å². The van der Waals surface area contributed by atoms with Crippen molar-refractivity contribution in [3.8, 4) is 0 Å². The molecule has 26 valence electrons. The Morgan fingerprint density at radius 1 is 0.833 bits per heavy atom. The minimum Gasteiger partial charge on any atom is 0 e. The molecule has 6 heteroatoms. The monoisotopic (exact) mass is 192 g/mol. The van der Waals surface area contributed by atoms with Gasteiger partial charge in [0.2, 0.25) is 0 Å². The fourth-order valence-electron chi connectivity index (χ4n) is 0. The van der Waals surface area contributed by atoms with E-state index >= 15 is 0 Å². The van der Waals surface area contributed by atoms with Crippen molar-refractivity contribution >= 4 is 57.2 Å². The van der Waals surface area contributed by atoms with Crippen molar-refractivity contribution in [2.24, 2.45) is 0 Å². The van der Waals surface area contributed by atoms with Gasteiger partial charge in [0.25, 0.3) is 0 Å². The molecule has 0 saturated heterocycles. The topological polar surface area (TPSA) is 51.2 Å². The van der Waals surface area contributed by atoms with Gasteiger partial charge in [-0.3, -0.25) is 0 Å². The molecule has 2 radical (unpaired) electrons. The number of hydrogen-bond donors (Lipinski definition) is 0. The summed E-state index contributed by atoms with van der Waals surface area (Å²) in [5.41, 5.74) is 0. The van der Waals surface area contributed by atoms with Crippen LogP contribution < -0.4 is 0 Å². The fraction of sp³-hybridized carbons (Fsp3) is 0. The maximum Gasteiger partial charge on any atom is 0 e. The summed E-state index contributed by atoms with van der Waals surface area (Å²) < 4.78 is 25.8. The molecule has 3 nitrogen and oxygen atoms in total. The van der Waals surface area contributed by atoms with Crippen LogP contribution >= 0.6 is 0 Å². The van der Waals surface area contributed by atoms with Crippen molar-refractivity contribution in [2.75, 3.05) is 0 Å². The molecule has 0 aromatic heterocycles. The van der Waals surface area contributed by atoms with E-state index in [4.69, 9.17) is 9.31 Å². The standard InChI is InChI=1S/2Li.O3Te/c;;1-4(2)3. The van der Waals surface area contributed by atoms with Crippen LogP contribution in [0.25, 0.3) is 0 Å². The van der Waals surface area contributed by atoms with E-state index < -0.39 is 19.5 Å². The molecule has 6 heavy (non-hydrogen) atoms. The quantitative estimate of drug-likeness (QED) is 0.436. The van der Waals surface area contributed by atoms with Crippen LogP contribution in [0, 0.1) is 0 Å². The molecule has 0 aliphatic heterocycles. The molecule has 0 bridgehead atoms. The molecular formula is Li2O3Te. The molecule has 0 aromatic rings. The van der Waals surface area contributed by atoms with E-state index in [1.54, 1.807) is 0 Å². The van der Waals surface area contributed by atoms with Gasteiger partial charge in [-0.2, -0.15) is 0 Å². The Kier molecular flexibility index (Phi) is 25.1. The van der Waals surface area contributed by atoms with Crippen LogP contribution in [0.4, 0.5) is 0 Å². The van der Waals surface area contributed by atoms with Crippen LogP contribution in [0.3, 0.4) is 0 Å². The molecule has 0 rings (SSSR count).